The van der Waals surface area contributed by atoms with E-state index in [2.05, 4.69) is 34.6 Å². The van der Waals surface area contributed by atoms with Gasteiger partial charge in [0.25, 0.3) is 0 Å². The molecule has 2 heterocycles. The molecule has 2 saturated heterocycles. The average Bonchev–Trinajstić information content (AvgIpc) is 3.84. The number of aliphatic hydroxyl groups is 2. The lowest BCUT2D eigenvalue weighted by Crippen LogP contribution is -2.60. The predicted molar refractivity (Wildman–Crippen MR) is 189 cm³/mol. The zero-order valence-corrected chi connectivity index (χ0v) is 32.2. The topological polar surface area (TPSA) is 115 Å². The van der Waals surface area contributed by atoms with E-state index in [1.165, 1.54) is 26.2 Å². The quantitative estimate of drug-likeness (QED) is 0.299. The van der Waals surface area contributed by atoms with Crippen LogP contribution < -0.4 is 0 Å². The van der Waals surface area contributed by atoms with Crippen molar-refractivity contribution in [2.45, 2.75) is 175 Å². The van der Waals surface area contributed by atoms with E-state index in [0.29, 0.717) is 50.3 Å². The SMILES string of the molecule is CC(=O)O[C@@H](C1C[C@@H](C)[C@H]2C(O1)[C@H](O)[C@@]1(C)C3CC[C@@H]4C(CCC[C@]21C)(CC[C@H](O[C@H]1CN(C(=O)CC2CC2)CCO1)C4(C)C)C3)C(C)(C)O. The van der Waals surface area contributed by atoms with Gasteiger partial charge in [-0.1, -0.05) is 41.0 Å². The van der Waals surface area contributed by atoms with Crippen molar-refractivity contribution in [2.24, 2.45) is 51.2 Å². The van der Waals surface area contributed by atoms with Gasteiger partial charge in [0, 0.05) is 25.3 Å². The van der Waals surface area contributed by atoms with Gasteiger partial charge in [-0.05, 0) is 124 Å². The van der Waals surface area contributed by atoms with Crippen LogP contribution in [0.2, 0.25) is 0 Å². The predicted octanol–water partition coefficient (Wildman–Crippen LogP) is 6.26. The number of nitrogens with zero attached hydrogens (tertiary/aromatic N) is 1. The van der Waals surface area contributed by atoms with Crippen molar-refractivity contribution in [2.75, 3.05) is 19.7 Å². The van der Waals surface area contributed by atoms with E-state index in [1.54, 1.807) is 13.8 Å². The maximum Gasteiger partial charge on any atom is 0.303 e. The van der Waals surface area contributed by atoms with E-state index >= 15 is 0 Å². The third-order valence-electron chi connectivity index (χ3n) is 16.0. The highest BCUT2D eigenvalue weighted by molar-refractivity contribution is 5.76. The number of ether oxygens (including phenoxy) is 4. The van der Waals surface area contributed by atoms with Gasteiger partial charge in [0.2, 0.25) is 5.91 Å². The van der Waals surface area contributed by atoms with Gasteiger partial charge in [0.15, 0.2) is 12.4 Å². The molecule has 5 aliphatic carbocycles. The van der Waals surface area contributed by atoms with Crippen LogP contribution in [0.3, 0.4) is 0 Å². The van der Waals surface area contributed by atoms with Gasteiger partial charge in [-0.15, -0.1) is 0 Å². The van der Waals surface area contributed by atoms with E-state index in [-0.39, 0.29) is 57.9 Å². The Labute approximate surface area is 300 Å². The number of esters is 1. The Morgan fingerprint density at radius 3 is 2.46 bits per heavy atom. The molecule has 284 valence electrons. The fourth-order valence-corrected chi connectivity index (χ4v) is 13.3. The molecule has 2 N–H and O–H groups in total. The van der Waals surface area contributed by atoms with E-state index in [9.17, 15) is 19.8 Å². The third-order valence-corrected chi connectivity index (χ3v) is 16.0. The first-order valence-corrected chi connectivity index (χ1v) is 20.2. The van der Waals surface area contributed by atoms with Crippen molar-refractivity contribution in [1.29, 1.82) is 0 Å². The average molecular weight is 702 g/mol. The number of aliphatic hydroxyl groups excluding tert-OH is 1. The highest BCUT2D eigenvalue weighted by Crippen LogP contribution is 2.73. The third kappa shape index (κ3) is 6.09. The maximum absolute atomic E-state index is 12.9. The number of carbonyl (C=O) groups is 2. The number of amides is 1. The minimum absolute atomic E-state index is 0.0355. The van der Waals surface area contributed by atoms with Crippen LogP contribution in [0.15, 0.2) is 0 Å². The first-order valence-electron chi connectivity index (χ1n) is 20.2. The molecule has 7 fully saturated rings. The zero-order chi connectivity index (χ0) is 36.0. The van der Waals surface area contributed by atoms with Gasteiger partial charge in [0.1, 0.15) is 0 Å². The van der Waals surface area contributed by atoms with E-state index in [1.807, 2.05) is 4.90 Å². The van der Waals surface area contributed by atoms with Crippen LogP contribution in [0.5, 0.6) is 0 Å². The molecule has 7 rings (SSSR count). The lowest BCUT2D eigenvalue weighted by Gasteiger charge is -2.64. The van der Waals surface area contributed by atoms with Gasteiger partial charge >= 0.3 is 5.97 Å². The molecule has 4 unspecified atom stereocenters. The molecular formula is C41H67NO8. The normalized spacial score (nSPS) is 46.4. The molecule has 9 heteroatoms. The molecule has 0 aromatic carbocycles. The Morgan fingerprint density at radius 2 is 1.78 bits per heavy atom. The Bertz CT molecular complexity index is 1290. The molecule has 2 bridgehead atoms. The maximum atomic E-state index is 12.9. The summed E-state index contributed by atoms with van der Waals surface area (Å²) in [6, 6.07) is 0. The summed E-state index contributed by atoms with van der Waals surface area (Å²) < 4.78 is 25.5. The van der Waals surface area contributed by atoms with Crippen LogP contribution in [0, 0.1) is 51.2 Å². The lowest BCUT2D eigenvalue weighted by atomic mass is 9.41. The first kappa shape index (κ1) is 37.1. The summed E-state index contributed by atoms with van der Waals surface area (Å²) >= 11 is 0. The van der Waals surface area contributed by atoms with Crippen LogP contribution in [-0.4, -0.2) is 89.1 Å². The summed E-state index contributed by atoms with van der Waals surface area (Å²) in [5.41, 5.74) is -1.51. The van der Waals surface area contributed by atoms with Crippen molar-refractivity contribution >= 4 is 11.9 Å². The number of hydrogen-bond acceptors (Lipinski definition) is 8. The van der Waals surface area contributed by atoms with E-state index in [4.69, 9.17) is 18.9 Å². The highest BCUT2D eigenvalue weighted by atomic mass is 16.7. The lowest BCUT2D eigenvalue weighted by molar-refractivity contribution is -0.253. The Kier molecular flexibility index (Phi) is 9.60. The summed E-state index contributed by atoms with van der Waals surface area (Å²) in [4.78, 5) is 27.0. The smallest absolute Gasteiger partial charge is 0.303 e. The molecule has 13 atom stereocenters. The first-order chi connectivity index (χ1) is 23.4. The summed E-state index contributed by atoms with van der Waals surface area (Å²) in [6.07, 6.45) is 10.00. The molecule has 1 amide bonds. The number of rotatable bonds is 7. The van der Waals surface area contributed by atoms with E-state index in [0.717, 1.165) is 44.9 Å². The fraction of sp³-hybridized carbons (Fsp3) is 0.951. The molecule has 2 aliphatic heterocycles. The Hall–Kier alpha value is -1.26. The number of fused-ring (bicyclic) bond motifs is 5. The Morgan fingerprint density at radius 1 is 1.04 bits per heavy atom. The summed E-state index contributed by atoms with van der Waals surface area (Å²) in [6.45, 7) is 18.4. The fourth-order valence-electron chi connectivity index (χ4n) is 13.3. The second kappa shape index (κ2) is 13.0. The van der Waals surface area contributed by atoms with Crippen molar-refractivity contribution in [3.63, 3.8) is 0 Å². The molecule has 9 nitrogen and oxygen atoms in total. The van der Waals surface area contributed by atoms with Gasteiger partial charge in [-0.2, -0.15) is 0 Å². The molecule has 1 spiro atoms. The standard InChI is InChI=1S/C41H67NO8/c1-24-20-28(36(38(5,6)46)48-25(2)43)49-34-33(24)39(7)15-9-16-41-17-14-30(50-32-23-42(18-19-47-32)31(44)21-26-10-11-26)37(3,4)29(41)13-12-27(22-41)40(39,8)35(34)45/h24,26-30,32-36,45-46H,9-23H2,1-8H3/t24-,27?,28?,29+,30+,32+,33+,34?,35+,36+,39-,40-,41?/m1/s1. The van der Waals surface area contributed by atoms with Gasteiger partial charge < -0.3 is 34.1 Å². The molecule has 7 aliphatic rings. The largest absolute Gasteiger partial charge is 0.457 e. The van der Waals surface area contributed by atoms with Crippen LogP contribution in [0.4, 0.5) is 0 Å². The number of morpholine rings is 1. The van der Waals surface area contributed by atoms with Gasteiger partial charge in [-0.25, -0.2) is 0 Å². The minimum atomic E-state index is -1.27. The monoisotopic (exact) mass is 701 g/mol. The molecule has 5 saturated carbocycles. The van der Waals surface area contributed by atoms with Crippen molar-refractivity contribution in [1.82, 2.24) is 4.90 Å². The number of carbonyl (C=O) groups excluding carboxylic acids is 2. The van der Waals surface area contributed by atoms with Crippen LogP contribution in [0.25, 0.3) is 0 Å². The van der Waals surface area contributed by atoms with E-state index < -0.39 is 29.9 Å². The summed E-state index contributed by atoms with van der Waals surface area (Å²) in [5, 5.41) is 23.6. The van der Waals surface area contributed by atoms with Crippen LogP contribution in [0.1, 0.15) is 132 Å². The molecule has 0 aromatic heterocycles. The highest BCUT2D eigenvalue weighted by Gasteiger charge is 2.72. The summed E-state index contributed by atoms with van der Waals surface area (Å²) in [5.74, 6) is 1.74. The summed E-state index contributed by atoms with van der Waals surface area (Å²) in [7, 11) is 0. The van der Waals surface area contributed by atoms with Crippen molar-refractivity contribution in [3.05, 3.63) is 0 Å². The molecule has 0 aromatic rings. The second-order valence-electron chi connectivity index (χ2n) is 19.7. The second-order valence-corrected chi connectivity index (χ2v) is 19.7. The zero-order valence-electron chi connectivity index (χ0n) is 32.2. The Balaban J connectivity index is 1.09. The van der Waals surface area contributed by atoms with Crippen LogP contribution in [-0.2, 0) is 28.5 Å². The van der Waals surface area contributed by atoms with Crippen molar-refractivity contribution in [3.8, 4) is 0 Å². The molecule has 0 radical (unpaired) electrons. The molecule has 50 heavy (non-hydrogen) atoms. The van der Waals surface area contributed by atoms with Gasteiger partial charge in [-0.3, -0.25) is 9.59 Å². The minimum Gasteiger partial charge on any atom is -0.457 e. The molecular weight excluding hydrogens is 634 g/mol. The van der Waals surface area contributed by atoms with Gasteiger partial charge in [0.05, 0.1) is 43.2 Å². The van der Waals surface area contributed by atoms with Crippen LogP contribution >= 0.6 is 0 Å². The number of hydrogen-bond donors (Lipinski definition) is 2. The van der Waals surface area contributed by atoms with Crippen molar-refractivity contribution < 1.29 is 38.7 Å².